The van der Waals surface area contributed by atoms with Crippen molar-refractivity contribution in [3.05, 3.63) is 71.8 Å². The van der Waals surface area contributed by atoms with Gasteiger partial charge in [-0.1, -0.05) is 60.7 Å². The summed E-state index contributed by atoms with van der Waals surface area (Å²) in [7, 11) is 0. The van der Waals surface area contributed by atoms with E-state index in [0.29, 0.717) is 0 Å². The van der Waals surface area contributed by atoms with Gasteiger partial charge in [0.05, 0.1) is 6.42 Å². The first-order chi connectivity index (χ1) is 18.9. The van der Waals surface area contributed by atoms with E-state index in [1.54, 1.807) is 45.0 Å². The van der Waals surface area contributed by atoms with Crippen LogP contribution in [0.4, 0.5) is 9.59 Å². The summed E-state index contributed by atoms with van der Waals surface area (Å²) in [6, 6.07) is 15.6. The first kappa shape index (κ1) is 31.6. The average molecular weight is 556 g/mol. The number of rotatable bonds is 13. The van der Waals surface area contributed by atoms with E-state index in [1.807, 2.05) is 36.4 Å². The standard InChI is InChI=1S/C28H37N5O7/c1-28(2,3)40-27(38)33-22(16-19-10-6-4-7-11-19)25(36)32-21(24(29)35)17-23(34)30-14-15-31-26(37)39-18-20-12-8-5-9-13-20/h4-13,21-22H,14-18H2,1-3H3,(H2,29,35)(H,30,34)(H,31,37)(H,32,36)(H,33,38)/t21-,22-/m0/s1. The monoisotopic (exact) mass is 555 g/mol. The molecule has 40 heavy (non-hydrogen) atoms. The molecule has 6 N–H and O–H groups in total. The van der Waals surface area contributed by atoms with Gasteiger partial charge >= 0.3 is 12.2 Å². The van der Waals surface area contributed by atoms with Crippen LogP contribution in [0.25, 0.3) is 0 Å². The Bertz CT molecular complexity index is 1140. The lowest BCUT2D eigenvalue weighted by Crippen LogP contribution is -2.55. The molecule has 0 saturated carbocycles. The predicted octanol–water partition coefficient (Wildman–Crippen LogP) is 1.53. The van der Waals surface area contributed by atoms with Crippen molar-refractivity contribution in [1.29, 1.82) is 0 Å². The third kappa shape index (κ3) is 12.8. The molecule has 0 heterocycles. The molecule has 216 valence electrons. The second kappa shape index (κ2) is 15.7. The van der Waals surface area contributed by atoms with Crippen molar-refractivity contribution in [2.24, 2.45) is 5.73 Å². The number of benzene rings is 2. The van der Waals surface area contributed by atoms with Gasteiger partial charge in [0.25, 0.3) is 0 Å². The van der Waals surface area contributed by atoms with Gasteiger partial charge in [-0.2, -0.15) is 0 Å². The molecule has 0 aliphatic carbocycles. The van der Waals surface area contributed by atoms with Crippen LogP contribution in [0.5, 0.6) is 0 Å². The van der Waals surface area contributed by atoms with Crippen molar-refractivity contribution in [3.8, 4) is 0 Å². The normalized spacial score (nSPS) is 12.3. The summed E-state index contributed by atoms with van der Waals surface area (Å²) in [5.41, 5.74) is 6.22. The summed E-state index contributed by atoms with van der Waals surface area (Å²) < 4.78 is 10.3. The molecule has 0 aliphatic rings. The van der Waals surface area contributed by atoms with E-state index in [9.17, 15) is 24.0 Å². The van der Waals surface area contributed by atoms with Crippen LogP contribution < -0.4 is 27.0 Å². The first-order valence-corrected chi connectivity index (χ1v) is 12.8. The number of amides is 5. The number of primary amides is 1. The van der Waals surface area contributed by atoms with Crippen molar-refractivity contribution in [1.82, 2.24) is 21.3 Å². The second-order valence-corrected chi connectivity index (χ2v) is 9.89. The number of nitrogens with one attached hydrogen (secondary N) is 4. The molecule has 2 aromatic rings. The third-order valence-electron chi connectivity index (χ3n) is 5.27. The number of hydrogen-bond donors (Lipinski definition) is 5. The fraction of sp³-hybridized carbons (Fsp3) is 0.393. The maximum atomic E-state index is 13.1. The van der Waals surface area contributed by atoms with Gasteiger partial charge < -0.3 is 36.5 Å². The lowest BCUT2D eigenvalue weighted by Gasteiger charge is -2.24. The number of alkyl carbamates (subject to hydrolysis) is 2. The van der Waals surface area contributed by atoms with Crippen LogP contribution in [0, 0.1) is 0 Å². The molecule has 0 unspecified atom stereocenters. The van der Waals surface area contributed by atoms with Crippen LogP contribution in [0.15, 0.2) is 60.7 Å². The number of hydrogen-bond acceptors (Lipinski definition) is 7. The number of carbonyl (C=O) groups is 5. The van der Waals surface area contributed by atoms with Gasteiger partial charge in [-0.15, -0.1) is 0 Å². The molecule has 0 radical (unpaired) electrons. The van der Waals surface area contributed by atoms with Gasteiger partial charge in [0.15, 0.2) is 0 Å². The molecule has 0 bridgehead atoms. The van der Waals surface area contributed by atoms with Gasteiger partial charge in [-0.05, 0) is 31.9 Å². The molecule has 0 spiro atoms. The maximum absolute atomic E-state index is 13.1. The third-order valence-corrected chi connectivity index (χ3v) is 5.27. The molecule has 2 atom stereocenters. The Balaban J connectivity index is 1.86. The summed E-state index contributed by atoms with van der Waals surface area (Å²) >= 11 is 0. The highest BCUT2D eigenvalue weighted by Crippen LogP contribution is 2.09. The molecule has 5 amide bonds. The maximum Gasteiger partial charge on any atom is 0.408 e. The summed E-state index contributed by atoms with van der Waals surface area (Å²) in [5.74, 6) is -2.22. The Kier molecular flexibility index (Phi) is 12.4. The lowest BCUT2D eigenvalue weighted by molar-refractivity contribution is -0.131. The lowest BCUT2D eigenvalue weighted by atomic mass is 10.0. The zero-order chi connectivity index (χ0) is 29.5. The van der Waals surface area contributed by atoms with Crippen molar-refractivity contribution in [2.45, 2.75) is 57.9 Å². The van der Waals surface area contributed by atoms with Crippen LogP contribution in [0.2, 0.25) is 0 Å². The summed E-state index contributed by atoms with van der Waals surface area (Å²) in [4.78, 5) is 61.6. The van der Waals surface area contributed by atoms with E-state index in [4.69, 9.17) is 15.2 Å². The Morgan fingerprint density at radius 2 is 1.35 bits per heavy atom. The van der Waals surface area contributed by atoms with Crippen LogP contribution in [-0.4, -0.2) is 60.7 Å². The van der Waals surface area contributed by atoms with Gasteiger partial charge in [-0.25, -0.2) is 9.59 Å². The molecule has 0 saturated heterocycles. The van der Waals surface area contributed by atoms with Gasteiger partial charge in [0.1, 0.15) is 24.3 Å². The number of nitrogens with two attached hydrogens (primary N) is 1. The van der Waals surface area contributed by atoms with Crippen LogP contribution >= 0.6 is 0 Å². The Morgan fingerprint density at radius 3 is 1.93 bits per heavy atom. The van der Waals surface area contributed by atoms with E-state index in [-0.39, 0.29) is 26.1 Å². The second-order valence-electron chi connectivity index (χ2n) is 9.89. The number of ether oxygens (including phenoxy) is 2. The molecule has 0 fully saturated rings. The summed E-state index contributed by atoms with van der Waals surface area (Å²) in [6.07, 6.45) is -1.80. The average Bonchev–Trinajstić information content (AvgIpc) is 2.89. The van der Waals surface area contributed by atoms with E-state index in [0.717, 1.165) is 11.1 Å². The topological polar surface area (TPSA) is 178 Å². The van der Waals surface area contributed by atoms with Crippen molar-refractivity contribution >= 4 is 29.9 Å². The fourth-order valence-corrected chi connectivity index (χ4v) is 3.40. The highest BCUT2D eigenvalue weighted by molar-refractivity contribution is 5.93. The quantitative estimate of drug-likeness (QED) is 0.233. The van der Waals surface area contributed by atoms with Crippen molar-refractivity contribution in [2.75, 3.05) is 13.1 Å². The Morgan fingerprint density at radius 1 is 0.775 bits per heavy atom. The molecule has 0 aliphatic heterocycles. The smallest absolute Gasteiger partial charge is 0.408 e. The molecule has 12 nitrogen and oxygen atoms in total. The van der Waals surface area contributed by atoms with E-state index < -0.39 is 54.0 Å². The SMILES string of the molecule is CC(C)(C)OC(=O)N[C@@H](Cc1ccccc1)C(=O)N[C@@H](CC(=O)NCCNC(=O)OCc1ccccc1)C(N)=O. The Hall–Kier alpha value is -4.61. The highest BCUT2D eigenvalue weighted by Gasteiger charge is 2.29. The van der Waals surface area contributed by atoms with E-state index in [1.165, 1.54) is 0 Å². The van der Waals surface area contributed by atoms with E-state index in [2.05, 4.69) is 21.3 Å². The minimum absolute atomic E-state index is 0.0511. The van der Waals surface area contributed by atoms with E-state index >= 15 is 0 Å². The predicted molar refractivity (Wildman–Crippen MR) is 147 cm³/mol. The molecule has 0 aromatic heterocycles. The zero-order valence-electron chi connectivity index (χ0n) is 22.9. The number of carbonyl (C=O) groups excluding carboxylic acids is 5. The van der Waals surface area contributed by atoms with Crippen molar-refractivity contribution in [3.63, 3.8) is 0 Å². The zero-order valence-corrected chi connectivity index (χ0v) is 22.9. The van der Waals surface area contributed by atoms with Crippen molar-refractivity contribution < 1.29 is 33.4 Å². The van der Waals surface area contributed by atoms with Gasteiger partial charge in [-0.3, -0.25) is 14.4 Å². The van der Waals surface area contributed by atoms with Gasteiger partial charge in [0, 0.05) is 19.5 Å². The first-order valence-electron chi connectivity index (χ1n) is 12.8. The molecular weight excluding hydrogens is 518 g/mol. The summed E-state index contributed by atoms with van der Waals surface area (Å²) in [6.45, 7) is 5.28. The van der Waals surface area contributed by atoms with Crippen LogP contribution in [-0.2, 0) is 36.9 Å². The van der Waals surface area contributed by atoms with Crippen LogP contribution in [0.3, 0.4) is 0 Å². The summed E-state index contributed by atoms with van der Waals surface area (Å²) in [5, 5.41) is 10.00. The van der Waals surface area contributed by atoms with Crippen LogP contribution in [0.1, 0.15) is 38.3 Å². The largest absolute Gasteiger partial charge is 0.445 e. The minimum atomic E-state index is -1.34. The highest BCUT2D eigenvalue weighted by atomic mass is 16.6. The molecule has 2 rings (SSSR count). The Labute approximate surface area is 233 Å². The minimum Gasteiger partial charge on any atom is -0.445 e. The molecule has 12 heteroatoms. The fourth-order valence-electron chi connectivity index (χ4n) is 3.40. The van der Waals surface area contributed by atoms with Gasteiger partial charge in [0.2, 0.25) is 17.7 Å². The molecular formula is C28H37N5O7. The molecule has 2 aromatic carbocycles.